The molecule has 0 saturated carbocycles. The Labute approximate surface area is 172 Å². The van der Waals surface area contributed by atoms with Gasteiger partial charge in [0.05, 0.1) is 12.5 Å². The maximum Gasteiger partial charge on any atom is 0.344 e. The van der Waals surface area contributed by atoms with Crippen molar-refractivity contribution in [3.8, 4) is 0 Å². The highest BCUT2D eigenvalue weighted by molar-refractivity contribution is 6.10. The smallest absolute Gasteiger partial charge is 0.344 e. The Morgan fingerprint density at radius 1 is 0.933 bits per heavy atom. The Bertz CT molecular complexity index is 902. The molecule has 2 unspecified atom stereocenters. The molecule has 0 aliphatic carbocycles. The third-order valence-electron chi connectivity index (χ3n) is 4.31. The van der Waals surface area contributed by atoms with Gasteiger partial charge in [-0.2, -0.15) is 0 Å². The van der Waals surface area contributed by atoms with Gasteiger partial charge < -0.3 is 26.0 Å². The molecular formula is C21H22N2O7. The first-order valence-corrected chi connectivity index (χ1v) is 9.02. The van der Waals surface area contributed by atoms with Gasteiger partial charge in [0.2, 0.25) is 11.4 Å². The third-order valence-corrected chi connectivity index (χ3v) is 4.31. The van der Waals surface area contributed by atoms with Gasteiger partial charge in [0, 0.05) is 0 Å². The lowest BCUT2D eigenvalue weighted by molar-refractivity contribution is -0.169. The van der Waals surface area contributed by atoms with Gasteiger partial charge in [0.25, 0.3) is 0 Å². The predicted molar refractivity (Wildman–Crippen MR) is 105 cm³/mol. The van der Waals surface area contributed by atoms with E-state index in [2.05, 4.69) is 0 Å². The van der Waals surface area contributed by atoms with E-state index < -0.39 is 41.8 Å². The quantitative estimate of drug-likeness (QED) is 0.327. The number of nitrogens with two attached hydrogens (primary N) is 1. The summed E-state index contributed by atoms with van der Waals surface area (Å²) in [5.74, 6) is -5.85. The van der Waals surface area contributed by atoms with Crippen LogP contribution in [0.25, 0.3) is 0 Å². The minimum absolute atomic E-state index is 0.0640. The zero-order valence-electron chi connectivity index (χ0n) is 16.0. The van der Waals surface area contributed by atoms with Gasteiger partial charge in [0.1, 0.15) is 6.61 Å². The topological polar surface area (TPSA) is 156 Å². The van der Waals surface area contributed by atoms with E-state index in [0.717, 1.165) is 0 Å². The summed E-state index contributed by atoms with van der Waals surface area (Å²) in [4.78, 5) is 48.3. The normalized spacial score (nSPS) is 13.5. The van der Waals surface area contributed by atoms with E-state index in [4.69, 9.17) is 15.6 Å². The summed E-state index contributed by atoms with van der Waals surface area (Å²) in [6.07, 6.45) is -1.14. The molecule has 0 bridgehead atoms. The van der Waals surface area contributed by atoms with Gasteiger partial charge in [-0.15, -0.1) is 0 Å². The number of carbonyl (C=O) groups is 4. The number of carboxylic acids is 2. The highest BCUT2D eigenvalue weighted by atomic mass is 16.5. The molecule has 5 N–H and O–H groups in total. The summed E-state index contributed by atoms with van der Waals surface area (Å²) in [6.45, 7) is -0.291. The highest BCUT2D eigenvalue weighted by Gasteiger charge is 2.51. The van der Waals surface area contributed by atoms with E-state index in [1.807, 2.05) is 5.32 Å². The molecule has 0 fully saturated rings. The first kappa shape index (κ1) is 22.6. The number of hydrogen-bond acceptors (Lipinski definition) is 6. The van der Waals surface area contributed by atoms with Crippen LogP contribution in [-0.2, 0) is 36.9 Å². The molecule has 0 aliphatic rings. The van der Waals surface area contributed by atoms with Crippen LogP contribution >= 0.6 is 0 Å². The maximum atomic E-state index is 12.6. The fourth-order valence-electron chi connectivity index (χ4n) is 2.72. The molecule has 9 heteroatoms. The van der Waals surface area contributed by atoms with Crippen molar-refractivity contribution in [3.05, 3.63) is 71.8 Å². The summed E-state index contributed by atoms with van der Waals surface area (Å²) in [6, 6.07) is 15.9. The first-order chi connectivity index (χ1) is 14.2. The van der Waals surface area contributed by atoms with Crippen LogP contribution in [0.15, 0.2) is 60.7 Å². The van der Waals surface area contributed by atoms with Crippen LogP contribution < -0.4 is 11.1 Å². The van der Waals surface area contributed by atoms with Crippen molar-refractivity contribution in [3.63, 3.8) is 0 Å². The number of hydrogen-bond donors (Lipinski definition) is 4. The Hall–Kier alpha value is -3.72. The number of aliphatic carboxylic acids is 2. The van der Waals surface area contributed by atoms with Crippen LogP contribution in [0, 0.1) is 0 Å². The van der Waals surface area contributed by atoms with E-state index in [0.29, 0.717) is 11.1 Å². The second-order valence-corrected chi connectivity index (χ2v) is 6.63. The van der Waals surface area contributed by atoms with E-state index in [9.17, 15) is 24.3 Å². The molecule has 9 nitrogen and oxygen atoms in total. The zero-order valence-corrected chi connectivity index (χ0v) is 16.0. The van der Waals surface area contributed by atoms with Crippen molar-refractivity contribution < 1.29 is 34.1 Å². The summed E-state index contributed by atoms with van der Waals surface area (Å²) >= 11 is 0. The monoisotopic (exact) mass is 414 g/mol. The van der Waals surface area contributed by atoms with Gasteiger partial charge in [-0.3, -0.25) is 9.59 Å². The first-order valence-electron chi connectivity index (χ1n) is 9.02. The fourth-order valence-corrected chi connectivity index (χ4v) is 2.72. The number of amides is 1. The molecule has 2 aromatic rings. The van der Waals surface area contributed by atoms with Gasteiger partial charge in [-0.05, 0) is 17.5 Å². The lowest BCUT2D eigenvalue weighted by Gasteiger charge is -2.28. The van der Waals surface area contributed by atoms with Crippen molar-refractivity contribution in [1.29, 1.82) is 0 Å². The Morgan fingerprint density at radius 2 is 1.47 bits per heavy atom. The lowest BCUT2D eigenvalue weighted by atomic mass is 9.94. The lowest BCUT2D eigenvalue weighted by Crippen LogP contribution is -2.64. The average Bonchev–Trinajstić information content (AvgIpc) is 2.72. The fraction of sp³-hybridized carbons (Fsp3) is 0.238. The molecule has 0 spiro atoms. The van der Waals surface area contributed by atoms with Gasteiger partial charge in [-0.1, -0.05) is 60.7 Å². The Kier molecular flexibility index (Phi) is 7.65. The molecule has 0 saturated heterocycles. The molecular weight excluding hydrogens is 392 g/mol. The van der Waals surface area contributed by atoms with Crippen LogP contribution in [-0.4, -0.2) is 45.6 Å². The second-order valence-electron chi connectivity index (χ2n) is 6.63. The highest BCUT2D eigenvalue weighted by Crippen LogP contribution is 2.17. The molecule has 30 heavy (non-hydrogen) atoms. The van der Waals surface area contributed by atoms with Crippen LogP contribution in [0.1, 0.15) is 17.5 Å². The minimum atomic E-state index is -2.81. The van der Waals surface area contributed by atoms with Crippen LogP contribution in [0.2, 0.25) is 0 Å². The van der Waals surface area contributed by atoms with Crippen molar-refractivity contribution in [1.82, 2.24) is 5.32 Å². The minimum Gasteiger partial charge on any atom is -0.481 e. The van der Waals surface area contributed by atoms with E-state index in [1.54, 1.807) is 60.7 Å². The standard InChI is InChI=1S/C21H22N2O7/c22-16(11-14-7-3-1-4-8-14)18(26)23-21(19(27)28,12-17(24)25)20(29)30-13-15-9-5-2-6-10-15/h1-10,16H,11-13,22H2,(H,23,26)(H,24,25)(H,27,28). The van der Waals surface area contributed by atoms with Crippen molar-refractivity contribution in [2.24, 2.45) is 5.73 Å². The number of rotatable bonds is 10. The van der Waals surface area contributed by atoms with Crippen molar-refractivity contribution in [2.75, 3.05) is 0 Å². The number of nitrogens with one attached hydrogen (secondary N) is 1. The van der Waals surface area contributed by atoms with E-state index >= 15 is 0 Å². The van der Waals surface area contributed by atoms with Crippen LogP contribution in [0.5, 0.6) is 0 Å². The number of ether oxygens (including phenoxy) is 1. The summed E-state index contributed by atoms with van der Waals surface area (Å²) in [7, 11) is 0. The largest absolute Gasteiger partial charge is 0.481 e. The molecule has 0 heterocycles. The molecule has 2 aromatic carbocycles. The zero-order chi connectivity index (χ0) is 22.1. The van der Waals surface area contributed by atoms with Gasteiger partial charge in [0.15, 0.2) is 0 Å². The maximum absolute atomic E-state index is 12.6. The number of benzene rings is 2. The molecule has 0 aromatic heterocycles. The van der Waals surface area contributed by atoms with Crippen molar-refractivity contribution >= 4 is 23.8 Å². The third kappa shape index (κ3) is 5.89. The van der Waals surface area contributed by atoms with E-state index in [-0.39, 0.29) is 13.0 Å². The summed E-state index contributed by atoms with van der Waals surface area (Å²) in [5, 5.41) is 20.8. The SMILES string of the molecule is NC(Cc1ccccc1)C(=O)NC(CC(=O)O)(C(=O)O)C(=O)OCc1ccccc1. The number of esters is 1. The number of carbonyl (C=O) groups excluding carboxylic acids is 2. The summed E-state index contributed by atoms with van der Waals surface area (Å²) < 4.78 is 5.02. The van der Waals surface area contributed by atoms with Crippen LogP contribution in [0.4, 0.5) is 0 Å². The van der Waals surface area contributed by atoms with Gasteiger partial charge in [-0.25, -0.2) is 9.59 Å². The number of carboxylic acid groups (broad SMARTS) is 2. The molecule has 1 amide bonds. The second kappa shape index (κ2) is 10.2. The summed E-state index contributed by atoms with van der Waals surface area (Å²) in [5.41, 5.74) is 4.31. The van der Waals surface area contributed by atoms with Crippen LogP contribution in [0.3, 0.4) is 0 Å². The average molecular weight is 414 g/mol. The molecule has 158 valence electrons. The molecule has 0 radical (unpaired) electrons. The van der Waals surface area contributed by atoms with E-state index in [1.165, 1.54) is 0 Å². The predicted octanol–water partition coefficient (Wildman–Crippen LogP) is 0.714. The van der Waals surface area contributed by atoms with Gasteiger partial charge >= 0.3 is 17.9 Å². The Balaban J connectivity index is 2.19. The molecule has 2 rings (SSSR count). The Morgan fingerprint density at radius 3 is 1.97 bits per heavy atom. The molecule has 2 atom stereocenters. The molecule has 0 aliphatic heterocycles. The van der Waals surface area contributed by atoms with Crippen molar-refractivity contribution in [2.45, 2.75) is 31.0 Å².